The molecule has 1 fully saturated rings. The molecule has 1 atom stereocenters. The van der Waals surface area contributed by atoms with Gasteiger partial charge in [-0.1, -0.05) is 0 Å². The van der Waals surface area contributed by atoms with Crippen molar-refractivity contribution in [3.63, 3.8) is 0 Å². The minimum atomic E-state index is -4.68. The van der Waals surface area contributed by atoms with E-state index in [-0.39, 0.29) is 13.0 Å². The first-order chi connectivity index (χ1) is 8.29. The van der Waals surface area contributed by atoms with Crippen LogP contribution in [0, 0.1) is 13.8 Å². The first-order valence-electron chi connectivity index (χ1n) is 5.46. The number of rotatable bonds is 2. The second-order valence-corrected chi connectivity index (χ2v) is 6.02. The third-order valence-corrected chi connectivity index (χ3v) is 4.24. The lowest BCUT2D eigenvalue weighted by Crippen LogP contribution is -2.27. The van der Waals surface area contributed by atoms with E-state index in [1.165, 1.54) is 11.1 Å². The van der Waals surface area contributed by atoms with Crippen LogP contribution in [0.5, 0.6) is 0 Å². The van der Waals surface area contributed by atoms with Gasteiger partial charge in [-0.15, -0.1) is 3.89 Å². The van der Waals surface area contributed by atoms with Gasteiger partial charge in [0.25, 0.3) is 0 Å². The van der Waals surface area contributed by atoms with Crippen molar-refractivity contribution in [1.29, 1.82) is 0 Å². The Morgan fingerprint density at radius 1 is 1.44 bits per heavy atom. The Hall–Kier alpha value is -1.50. The summed E-state index contributed by atoms with van der Waals surface area (Å²) in [4.78, 5) is 17.1. The molecule has 0 aromatic carbocycles. The molecule has 2 rings (SSSR count). The van der Waals surface area contributed by atoms with Crippen LogP contribution in [0.25, 0.3) is 0 Å². The fourth-order valence-electron chi connectivity index (χ4n) is 1.89. The molecule has 98 valence electrons. The maximum Gasteiger partial charge on any atom is 0.307 e. The minimum Gasteiger partial charge on any atom is -0.309 e. The predicted molar refractivity (Wildman–Crippen MR) is 64.5 cm³/mol. The predicted octanol–water partition coefficient (Wildman–Crippen LogP) is 1.10. The fourth-order valence-corrected chi connectivity index (χ4v) is 2.56. The molecule has 1 unspecified atom stereocenters. The van der Waals surface area contributed by atoms with Gasteiger partial charge in [0.05, 0.1) is 11.9 Å². The molecule has 0 spiro atoms. The van der Waals surface area contributed by atoms with Crippen molar-refractivity contribution in [2.75, 3.05) is 11.4 Å². The number of aryl methyl sites for hydroxylation is 2. The highest BCUT2D eigenvalue weighted by atomic mass is 32.3. The number of pyridine rings is 1. The van der Waals surface area contributed by atoms with Crippen LogP contribution in [0.15, 0.2) is 12.3 Å². The highest BCUT2D eigenvalue weighted by Gasteiger charge is 2.39. The Bertz CT molecular complexity index is 600. The molecule has 1 amide bonds. The van der Waals surface area contributed by atoms with E-state index in [1.54, 1.807) is 6.07 Å². The number of carbonyl (C=O) groups excluding carboxylic acids is 1. The SMILES string of the molecule is Cc1cc(N2CC(S(=O)(=O)F)CC2=O)cnc1C. The van der Waals surface area contributed by atoms with E-state index in [0.29, 0.717) is 5.69 Å². The number of halogens is 1. The molecule has 2 heterocycles. The smallest absolute Gasteiger partial charge is 0.307 e. The van der Waals surface area contributed by atoms with Gasteiger partial charge in [0, 0.05) is 18.7 Å². The van der Waals surface area contributed by atoms with Crippen molar-refractivity contribution in [1.82, 2.24) is 4.98 Å². The van der Waals surface area contributed by atoms with Gasteiger partial charge in [0.1, 0.15) is 5.25 Å². The molecule has 0 N–H and O–H groups in total. The largest absolute Gasteiger partial charge is 0.309 e. The Morgan fingerprint density at radius 2 is 2.11 bits per heavy atom. The zero-order chi connectivity index (χ0) is 13.5. The first-order valence-corrected chi connectivity index (χ1v) is 6.91. The molecule has 1 aliphatic heterocycles. The van der Waals surface area contributed by atoms with Gasteiger partial charge in [0.2, 0.25) is 5.91 Å². The number of aromatic nitrogens is 1. The molecule has 1 aliphatic rings. The first kappa shape index (κ1) is 12.9. The van der Waals surface area contributed by atoms with Crippen molar-refractivity contribution in [2.45, 2.75) is 25.5 Å². The third-order valence-electron chi connectivity index (χ3n) is 3.12. The Morgan fingerprint density at radius 3 is 2.61 bits per heavy atom. The van der Waals surface area contributed by atoms with E-state index in [4.69, 9.17) is 0 Å². The normalized spacial score (nSPS) is 20.5. The molecule has 1 aromatic heterocycles. The van der Waals surface area contributed by atoms with E-state index in [2.05, 4.69) is 4.98 Å². The lowest BCUT2D eigenvalue weighted by Gasteiger charge is -2.16. The molecule has 0 saturated carbocycles. The molecular formula is C11H13FN2O3S. The third kappa shape index (κ3) is 2.35. The molecule has 0 radical (unpaired) electrons. The summed E-state index contributed by atoms with van der Waals surface area (Å²) < 4.78 is 34.5. The van der Waals surface area contributed by atoms with Gasteiger partial charge in [-0.2, -0.15) is 8.42 Å². The fraction of sp³-hybridized carbons (Fsp3) is 0.455. The second-order valence-electron chi connectivity index (χ2n) is 4.40. The molecule has 0 aliphatic carbocycles. The van der Waals surface area contributed by atoms with E-state index in [0.717, 1.165) is 11.3 Å². The van der Waals surface area contributed by atoms with Crippen LogP contribution in [0.2, 0.25) is 0 Å². The summed E-state index contributed by atoms with van der Waals surface area (Å²) in [5, 5.41) is -1.27. The highest BCUT2D eigenvalue weighted by molar-refractivity contribution is 7.87. The summed E-state index contributed by atoms with van der Waals surface area (Å²) in [6.45, 7) is 3.53. The van der Waals surface area contributed by atoms with E-state index < -0.39 is 21.4 Å². The summed E-state index contributed by atoms with van der Waals surface area (Å²) in [6, 6.07) is 1.74. The van der Waals surface area contributed by atoms with Crippen molar-refractivity contribution in [3.8, 4) is 0 Å². The van der Waals surface area contributed by atoms with Gasteiger partial charge in [-0.25, -0.2) is 0 Å². The number of anilines is 1. The topological polar surface area (TPSA) is 67.3 Å². The van der Waals surface area contributed by atoms with Gasteiger partial charge < -0.3 is 4.90 Å². The zero-order valence-corrected chi connectivity index (χ0v) is 10.9. The molecular weight excluding hydrogens is 259 g/mol. The minimum absolute atomic E-state index is 0.151. The number of carbonyl (C=O) groups is 1. The van der Waals surface area contributed by atoms with Crippen LogP contribution in [0.1, 0.15) is 17.7 Å². The molecule has 7 heteroatoms. The molecule has 18 heavy (non-hydrogen) atoms. The van der Waals surface area contributed by atoms with E-state index >= 15 is 0 Å². The molecule has 1 aromatic rings. The lowest BCUT2D eigenvalue weighted by atomic mass is 10.2. The Labute approximate surface area is 105 Å². The number of nitrogens with zero attached hydrogens (tertiary/aromatic N) is 2. The number of hydrogen-bond donors (Lipinski definition) is 0. The van der Waals surface area contributed by atoms with Crippen molar-refractivity contribution in [2.24, 2.45) is 0 Å². The average molecular weight is 272 g/mol. The molecule has 1 saturated heterocycles. The summed E-state index contributed by atoms with van der Waals surface area (Å²) >= 11 is 0. The standard InChI is InChI=1S/C11H13FN2O3S/c1-7-3-9(5-13-8(7)2)14-6-10(4-11(14)15)18(12,16)17/h3,5,10H,4,6H2,1-2H3. The molecule has 5 nitrogen and oxygen atoms in total. The van der Waals surface area contributed by atoms with Crippen LogP contribution in [-0.4, -0.2) is 31.1 Å². The van der Waals surface area contributed by atoms with Gasteiger partial charge in [-0.05, 0) is 25.5 Å². The van der Waals surface area contributed by atoms with Crippen molar-refractivity contribution < 1.29 is 17.1 Å². The van der Waals surface area contributed by atoms with Crippen LogP contribution < -0.4 is 4.90 Å². The van der Waals surface area contributed by atoms with Crippen molar-refractivity contribution >= 4 is 21.8 Å². The maximum atomic E-state index is 12.9. The number of hydrogen-bond acceptors (Lipinski definition) is 4. The van der Waals surface area contributed by atoms with Crippen LogP contribution in [0.3, 0.4) is 0 Å². The average Bonchev–Trinajstić information content (AvgIpc) is 2.64. The van der Waals surface area contributed by atoms with Gasteiger partial charge >= 0.3 is 10.2 Å². The Kier molecular flexibility index (Phi) is 3.10. The highest BCUT2D eigenvalue weighted by Crippen LogP contribution is 2.26. The lowest BCUT2D eigenvalue weighted by molar-refractivity contribution is -0.117. The summed E-state index contributed by atoms with van der Waals surface area (Å²) in [6.07, 6.45) is 1.18. The van der Waals surface area contributed by atoms with Crippen LogP contribution >= 0.6 is 0 Å². The Balaban J connectivity index is 2.30. The molecule has 0 bridgehead atoms. The monoisotopic (exact) mass is 272 g/mol. The summed E-state index contributed by atoms with van der Waals surface area (Å²) in [5.74, 6) is -0.397. The van der Waals surface area contributed by atoms with E-state index in [1.807, 2.05) is 13.8 Å². The van der Waals surface area contributed by atoms with Gasteiger partial charge in [-0.3, -0.25) is 9.78 Å². The van der Waals surface area contributed by atoms with Gasteiger partial charge in [0.15, 0.2) is 0 Å². The second kappa shape index (κ2) is 4.31. The number of amides is 1. The summed E-state index contributed by atoms with van der Waals surface area (Å²) in [7, 11) is -4.68. The zero-order valence-electron chi connectivity index (χ0n) is 10.1. The summed E-state index contributed by atoms with van der Waals surface area (Å²) in [5.41, 5.74) is 2.24. The maximum absolute atomic E-state index is 12.9. The van der Waals surface area contributed by atoms with Crippen LogP contribution in [-0.2, 0) is 15.0 Å². The van der Waals surface area contributed by atoms with Crippen molar-refractivity contribution in [3.05, 3.63) is 23.5 Å². The quantitative estimate of drug-likeness (QED) is 0.756. The van der Waals surface area contributed by atoms with Crippen LogP contribution in [0.4, 0.5) is 9.57 Å². The van der Waals surface area contributed by atoms with E-state index in [9.17, 15) is 17.1 Å².